The normalized spacial score (nSPS) is 18.2. The second-order valence-electron chi connectivity index (χ2n) is 7.50. The SMILES string of the molecule is CCOC(=O)N1CCN(c2nc3ccc(C)cn3c(=O)c2/C=C2/SC(=S)N(C)C2=O)CC1. The van der Waals surface area contributed by atoms with Gasteiger partial charge < -0.3 is 14.5 Å². The molecule has 4 rings (SSSR count). The van der Waals surface area contributed by atoms with Gasteiger partial charge in [-0.05, 0) is 31.6 Å². The minimum atomic E-state index is -0.346. The second kappa shape index (κ2) is 8.91. The largest absolute Gasteiger partial charge is 0.450 e. The minimum Gasteiger partial charge on any atom is -0.450 e. The van der Waals surface area contributed by atoms with Crippen molar-refractivity contribution in [2.75, 3.05) is 44.7 Å². The maximum Gasteiger partial charge on any atom is 0.409 e. The third-order valence-electron chi connectivity index (χ3n) is 5.35. The number of thioether (sulfide) groups is 1. The molecule has 2 aromatic heterocycles. The number of pyridine rings is 1. The fraction of sp³-hybridized carbons (Fsp3) is 0.381. The maximum absolute atomic E-state index is 13.5. The molecule has 0 bridgehead atoms. The summed E-state index contributed by atoms with van der Waals surface area (Å²) in [4.78, 5) is 48.2. The molecule has 168 valence electrons. The van der Waals surface area contributed by atoms with Gasteiger partial charge in [0.1, 0.15) is 15.8 Å². The van der Waals surface area contributed by atoms with Crippen LogP contribution < -0.4 is 10.5 Å². The number of rotatable bonds is 3. The van der Waals surface area contributed by atoms with Crippen LogP contribution in [0.3, 0.4) is 0 Å². The highest BCUT2D eigenvalue weighted by atomic mass is 32.2. The number of anilines is 1. The van der Waals surface area contributed by atoms with Crippen LogP contribution in [0.5, 0.6) is 0 Å². The van der Waals surface area contributed by atoms with E-state index in [0.29, 0.717) is 59.0 Å². The number of nitrogens with zero attached hydrogens (tertiary/aromatic N) is 5. The van der Waals surface area contributed by atoms with Crippen molar-refractivity contribution >= 4 is 57.8 Å². The number of thiocarbonyl (C=S) groups is 1. The van der Waals surface area contributed by atoms with Crippen LogP contribution in [0.2, 0.25) is 0 Å². The topological polar surface area (TPSA) is 87.5 Å². The molecule has 0 N–H and O–H groups in total. The number of amides is 2. The number of carbonyl (C=O) groups is 2. The molecule has 0 unspecified atom stereocenters. The number of piperazine rings is 1. The smallest absolute Gasteiger partial charge is 0.409 e. The Balaban J connectivity index is 1.77. The quantitative estimate of drug-likeness (QED) is 0.495. The summed E-state index contributed by atoms with van der Waals surface area (Å²) in [7, 11) is 1.61. The Morgan fingerprint density at radius 3 is 2.59 bits per heavy atom. The van der Waals surface area contributed by atoms with Crippen molar-refractivity contribution in [2.24, 2.45) is 0 Å². The summed E-state index contributed by atoms with van der Waals surface area (Å²) >= 11 is 6.39. The molecule has 2 aliphatic rings. The summed E-state index contributed by atoms with van der Waals surface area (Å²) in [6, 6.07) is 3.69. The molecule has 2 aliphatic heterocycles. The summed E-state index contributed by atoms with van der Waals surface area (Å²) in [5.74, 6) is 0.246. The zero-order valence-electron chi connectivity index (χ0n) is 18.0. The molecule has 0 aliphatic carbocycles. The monoisotopic (exact) mass is 473 g/mol. The van der Waals surface area contributed by atoms with Crippen molar-refractivity contribution in [1.29, 1.82) is 0 Å². The van der Waals surface area contributed by atoms with E-state index in [1.807, 2.05) is 17.9 Å². The van der Waals surface area contributed by atoms with E-state index in [1.165, 1.54) is 9.30 Å². The van der Waals surface area contributed by atoms with Gasteiger partial charge in [-0.2, -0.15) is 0 Å². The lowest BCUT2D eigenvalue weighted by molar-refractivity contribution is -0.121. The highest BCUT2D eigenvalue weighted by Gasteiger charge is 2.31. The van der Waals surface area contributed by atoms with Gasteiger partial charge >= 0.3 is 6.09 Å². The molecular formula is C21H23N5O4S2. The van der Waals surface area contributed by atoms with Crippen molar-refractivity contribution in [3.63, 3.8) is 0 Å². The van der Waals surface area contributed by atoms with E-state index in [2.05, 4.69) is 0 Å². The van der Waals surface area contributed by atoms with Crippen LogP contribution in [0.1, 0.15) is 18.1 Å². The third-order valence-corrected chi connectivity index (χ3v) is 6.84. The van der Waals surface area contributed by atoms with E-state index < -0.39 is 0 Å². The van der Waals surface area contributed by atoms with Gasteiger partial charge in [0.05, 0.1) is 17.1 Å². The Morgan fingerprint density at radius 2 is 1.97 bits per heavy atom. The highest BCUT2D eigenvalue weighted by molar-refractivity contribution is 8.26. The molecule has 0 aromatic carbocycles. The van der Waals surface area contributed by atoms with E-state index in [-0.39, 0.29) is 17.6 Å². The van der Waals surface area contributed by atoms with Crippen LogP contribution in [0.15, 0.2) is 28.0 Å². The average Bonchev–Trinajstić information content (AvgIpc) is 3.02. The van der Waals surface area contributed by atoms with Crippen LogP contribution in [0, 0.1) is 6.92 Å². The molecule has 0 radical (unpaired) electrons. The van der Waals surface area contributed by atoms with E-state index >= 15 is 0 Å². The number of carbonyl (C=O) groups excluding carboxylic acids is 2. The number of ether oxygens (including phenoxy) is 1. The van der Waals surface area contributed by atoms with Crippen molar-refractivity contribution < 1.29 is 14.3 Å². The first kappa shape index (κ1) is 22.3. The minimum absolute atomic E-state index is 0.244. The maximum atomic E-state index is 13.5. The van der Waals surface area contributed by atoms with Crippen molar-refractivity contribution in [2.45, 2.75) is 13.8 Å². The molecule has 2 amide bonds. The van der Waals surface area contributed by atoms with E-state index in [9.17, 15) is 14.4 Å². The van der Waals surface area contributed by atoms with Gasteiger partial charge in [0.2, 0.25) is 0 Å². The Bertz CT molecular complexity index is 1200. The zero-order chi connectivity index (χ0) is 23.0. The molecular weight excluding hydrogens is 450 g/mol. The number of likely N-dealkylation sites (N-methyl/N-ethyl adjacent to an activating group) is 1. The van der Waals surface area contributed by atoms with Gasteiger partial charge in [0.15, 0.2) is 0 Å². The Morgan fingerprint density at radius 1 is 1.25 bits per heavy atom. The number of aryl methyl sites for hydroxylation is 1. The summed E-state index contributed by atoms with van der Waals surface area (Å²) in [6.07, 6.45) is 2.97. The Hall–Kier alpha value is -2.92. The summed E-state index contributed by atoms with van der Waals surface area (Å²) in [6.45, 7) is 5.87. The molecule has 0 atom stereocenters. The number of aromatic nitrogens is 2. The zero-order valence-corrected chi connectivity index (χ0v) is 19.7. The van der Waals surface area contributed by atoms with Crippen molar-refractivity contribution in [3.05, 3.63) is 44.7 Å². The number of hydrogen-bond donors (Lipinski definition) is 0. The molecule has 0 spiro atoms. The molecule has 9 nitrogen and oxygen atoms in total. The summed E-state index contributed by atoms with van der Waals surface area (Å²) < 4.78 is 7.02. The lowest BCUT2D eigenvalue weighted by Crippen LogP contribution is -2.49. The third kappa shape index (κ3) is 4.09. The predicted molar refractivity (Wildman–Crippen MR) is 128 cm³/mol. The van der Waals surface area contributed by atoms with Crippen molar-refractivity contribution in [3.8, 4) is 0 Å². The van der Waals surface area contributed by atoms with Crippen LogP contribution in [0.4, 0.5) is 10.6 Å². The van der Waals surface area contributed by atoms with E-state index in [4.69, 9.17) is 21.9 Å². The van der Waals surface area contributed by atoms with E-state index in [1.54, 1.807) is 37.2 Å². The van der Waals surface area contributed by atoms with Crippen LogP contribution in [-0.2, 0) is 9.53 Å². The van der Waals surface area contributed by atoms with Crippen LogP contribution in [-0.4, -0.2) is 75.3 Å². The van der Waals surface area contributed by atoms with Gasteiger partial charge in [0.25, 0.3) is 11.5 Å². The first-order valence-corrected chi connectivity index (χ1v) is 11.4. The van der Waals surface area contributed by atoms with Crippen molar-refractivity contribution in [1.82, 2.24) is 19.2 Å². The number of hydrogen-bond acceptors (Lipinski definition) is 8. The van der Waals surface area contributed by atoms with Crippen LogP contribution in [0.25, 0.3) is 11.7 Å². The average molecular weight is 474 g/mol. The first-order chi connectivity index (χ1) is 15.3. The van der Waals surface area contributed by atoms with Gasteiger partial charge in [0, 0.05) is 39.4 Å². The Kier molecular flexibility index (Phi) is 6.20. The molecule has 32 heavy (non-hydrogen) atoms. The second-order valence-corrected chi connectivity index (χ2v) is 9.18. The van der Waals surface area contributed by atoms with Gasteiger partial charge in [-0.25, -0.2) is 9.78 Å². The van der Waals surface area contributed by atoms with Crippen LogP contribution >= 0.6 is 24.0 Å². The molecule has 2 fully saturated rings. The standard InChI is InChI=1S/C21H23N5O4S2/c1-4-30-20(29)25-9-7-24(8-10-25)17-14(11-15-19(28)23(3)21(31)32-15)18(27)26-12-13(2)5-6-16(26)22-17/h5-6,11-12H,4,7-10H2,1-3H3/b15-11+. The predicted octanol–water partition coefficient (Wildman–Crippen LogP) is 2.11. The van der Waals surface area contributed by atoms with Gasteiger partial charge in [-0.1, -0.05) is 30.0 Å². The number of fused-ring (bicyclic) bond motifs is 1. The molecule has 2 aromatic rings. The van der Waals surface area contributed by atoms with E-state index in [0.717, 1.165) is 17.3 Å². The first-order valence-electron chi connectivity index (χ1n) is 10.2. The lowest BCUT2D eigenvalue weighted by Gasteiger charge is -2.35. The van der Waals surface area contributed by atoms with Gasteiger partial charge in [-0.3, -0.25) is 18.9 Å². The fourth-order valence-electron chi connectivity index (χ4n) is 3.61. The lowest BCUT2D eigenvalue weighted by atomic mass is 10.2. The summed E-state index contributed by atoms with van der Waals surface area (Å²) in [5.41, 5.74) is 1.50. The highest BCUT2D eigenvalue weighted by Crippen LogP contribution is 2.32. The van der Waals surface area contributed by atoms with Gasteiger partial charge in [-0.15, -0.1) is 0 Å². The molecule has 4 heterocycles. The summed E-state index contributed by atoms with van der Waals surface area (Å²) in [5, 5.41) is 0. The molecule has 11 heteroatoms. The molecule has 2 saturated heterocycles. The molecule has 0 saturated carbocycles. The fourth-order valence-corrected chi connectivity index (χ4v) is 4.77. The Labute approximate surface area is 194 Å².